The van der Waals surface area contributed by atoms with E-state index in [9.17, 15) is 0 Å². The van der Waals surface area contributed by atoms with Crippen molar-refractivity contribution in [3.05, 3.63) is 22.2 Å². The highest BCUT2D eigenvalue weighted by Crippen LogP contribution is 2.38. The molecule has 0 aliphatic carbocycles. The Bertz CT molecular complexity index is 369. The Kier molecular flexibility index (Phi) is 6.14. The molecule has 0 aliphatic rings. The third kappa shape index (κ3) is 4.07. The largest absolute Gasteiger partial charge is 0.490 e. The first-order chi connectivity index (χ1) is 8.12. The lowest BCUT2D eigenvalue weighted by atomic mass is 10.2. The van der Waals surface area contributed by atoms with Gasteiger partial charge in [-0.05, 0) is 53.9 Å². The van der Waals surface area contributed by atoms with Crippen LogP contribution in [0.15, 0.2) is 16.6 Å². The molecule has 0 spiro atoms. The van der Waals surface area contributed by atoms with Gasteiger partial charge in [0.05, 0.1) is 17.2 Å². The molecule has 1 atom stereocenters. The fourth-order valence-electron chi connectivity index (χ4n) is 1.36. The number of halogens is 2. The molecule has 0 amide bonds. The molecule has 0 fully saturated rings. The van der Waals surface area contributed by atoms with E-state index in [-0.39, 0.29) is 6.10 Å². The second-order valence-corrected chi connectivity index (χ2v) is 4.93. The zero-order valence-corrected chi connectivity index (χ0v) is 12.8. The molecule has 1 unspecified atom stereocenters. The van der Waals surface area contributed by atoms with Crippen LogP contribution in [0.5, 0.6) is 11.5 Å². The monoisotopic (exact) mass is 320 g/mol. The molecule has 1 aromatic rings. The van der Waals surface area contributed by atoms with E-state index in [1.807, 2.05) is 26.0 Å². The van der Waals surface area contributed by atoms with E-state index in [0.717, 1.165) is 28.0 Å². The summed E-state index contributed by atoms with van der Waals surface area (Å²) >= 11 is 9.34. The summed E-state index contributed by atoms with van der Waals surface area (Å²) in [5.41, 5.74) is 1.01. The van der Waals surface area contributed by atoms with Gasteiger partial charge in [-0.2, -0.15) is 0 Å². The number of hydrogen-bond acceptors (Lipinski definition) is 2. The first-order valence-electron chi connectivity index (χ1n) is 5.80. The molecule has 4 heteroatoms. The lowest BCUT2D eigenvalue weighted by molar-refractivity contribution is 0.201. The highest BCUT2D eigenvalue weighted by atomic mass is 79.9. The Balaban J connectivity index is 3.07. The Morgan fingerprint density at radius 1 is 1.35 bits per heavy atom. The fourth-order valence-corrected chi connectivity index (χ4v) is 2.10. The van der Waals surface area contributed by atoms with Crippen molar-refractivity contribution in [1.29, 1.82) is 0 Å². The predicted octanol–water partition coefficient (Wildman–Crippen LogP) is 4.76. The summed E-state index contributed by atoms with van der Waals surface area (Å²) in [7, 11) is 0. The third-order valence-electron chi connectivity index (χ3n) is 2.42. The second kappa shape index (κ2) is 7.12. The van der Waals surface area contributed by atoms with Crippen LogP contribution >= 0.6 is 27.5 Å². The predicted molar refractivity (Wildman–Crippen MR) is 75.2 cm³/mol. The summed E-state index contributed by atoms with van der Waals surface area (Å²) in [5, 5.41) is 0. The Morgan fingerprint density at radius 3 is 2.59 bits per heavy atom. The normalized spacial score (nSPS) is 12.3. The van der Waals surface area contributed by atoms with Gasteiger partial charge in [0.15, 0.2) is 11.5 Å². The minimum atomic E-state index is 0.160. The third-order valence-corrected chi connectivity index (χ3v) is 3.32. The van der Waals surface area contributed by atoms with Crippen molar-refractivity contribution in [3.8, 4) is 11.5 Å². The van der Waals surface area contributed by atoms with Gasteiger partial charge in [0.2, 0.25) is 0 Å². The molecule has 1 rings (SSSR count). The van der Waals surface area contributed by atoms with E-state index in [1.165, 1.54) is 0 Å². The second-order valence-electron chi connectivity index (χ2n) is 3.81. The standard InChI is InChI=1S/C13H18BrClO2/c1-4-9(3)17-13-11(14)6-10(8-15)7-12(13)16-5-2/h6-7,9H,4-5,8H2,1-3H3. The van der Waals surface area contributed by atoms with E-state index < -0.39 is 0 Å². The van der Waals surface area contributed by atoms with E-state index in [1.54, 1.807) is 0 Å². The molecule has 17 heavy (non-hydrogen) atoms. The fraction of sp³-hybridized carbons (Fsp3) is 0.538. The Labute approximate surface area is 116 Å². The van der Waals surface area contributed by atoms with Gasteiger partial charge >= 0.3 is 0 Å². The number of hydrogen-bond donors (Lipinski definition) is 0. The van der Waals surface area contributed by atoms with Crippen LogP contribution in [0.25, 0.3) is 0 Å². The SMILES string of the molecule is CCOc1cc(CCl)cc(Br)c1OC(C)CC. The van der Waals surface area contributed by atoms with Crippen LogP contribution in [0.2, 0.25) is 0 Å². The van der Waals surface area contributed by atoms with Gasteiger partial charge in [-0.3, -0.25) is 0 Å². The summed E-state index contributed by atoms with van der Waals surface area (Å²) < 4.78 is 12.3. The summed E-state index contributed by atoms with van der Waals surface area (Å²) in [6.45, 7) is 6.69. The molecule has 0 radical (unpaired) electrons. The van der Waals surface area contributed by atoms with Crippen molar-refractivity contribution < 1.29 is 9.47 Å². The quantitative estimate of drug-likeness (QED) is 0.703. The zero-order chi connectivity index (χ0) is 12.8. The molecule has 96 valence electrons. The van der Waals surface area contributed by atoms with Crippen molar-refractivity contribution in [2.75, 3.05) is 6.61 Å². The topological polar surface area (TPSA) is 18.5 Å². The smallest absolute Gasteiger partial charge is 0.175 e. The van der Waals surface area contributed by atoms with Crippen molar-refractivity contribution in [3.63, 3.8) is 0 Å². The first kappa shape index (κ1) is 14.7. The van der Waals surface area contributed by atoms with Crippen LogP contribution in [0.3, 0.4) is 0 Å². The van der Waals surface area contributed by atoms with Crippen LogP contribution in [0.1, 0.15) is 32.8 Å². The molecule has 0 heterocycles. The number of alkyl halides is 1. The van der Waals surface area contributed by atoms with Gasteiger partial charge in [0.25, 0.3) is 0 Å². The lowest BCUT2D eigenvalue weighted by Crippen LogP contribution is -2.11. The highest BCUT2D eigenvalue weighted by molar-refractivity contribution is 9.10. The molecule has 0 N–H and O–H groups in total. The number of ether oxygens (including phenoxy) is 2. The van der Waals surface area contributed by atoms with E-state index in [2.05, 4.69) is 22.9 Å². The molecule has 2 nitrogen and oxygen atoms in total. The van der Waals surface area contributed by atoms with Crippen LogP contribution in [-0.2, 0) is 5.88 Å². The van der Waals surface area contributed by atoms with Gasteiger partial charge < -0.3 is 9.47 Å². The maximum absolute atomic E-state index is 5.86. The van der Waals surface area contributed by atoms with Crippen LogP contribution < -0.4 is 9.47 Å². The summed E-state index contributed by atoms with van der Waals surface area (Å²) in [6, 6.07) is 3.90. The number of benzene rings is 1. The Hall–Kier alpha value is -0.410. The molecule has 0 saturated carbocycles. The van der Waals surface area contributed by atoms with E-state index in [0.29, 0.717) is 12.5 Å². The van der Waals surface area contributed by atoms with Crippen molar-refractivity contribution >= 4 is 27.5 Å². The zero-order valence-electron chi connectivity index (χ0n) is 10.4. The lowest BCUT2D eigenvalue weighted by Gasteiger charge is -2.18. The van der Waals surface area contributed by atoms with Crippen LogP contribution in [0.4, 0.5) is 0 Å². The van der Waals surface area contributed by atoms with Crippen LogP contribution in [0, 0.1) is 0 Å². The molecular formula is C13H18BrClO2. The van der Waals surface area contributed by atoms with Gasteiger partial charge in [-0.1, -0.05) is 6.92 Å². The maximum Gasteiger partial charge on any atom is 0.175 e. The van der Waals surface area contributed by atoms with Crippen molar-refractivity contribution in [2.24, 2.45) is 0 Å². The average molecular weight is 322 g/mol. The molecule has 0 saturated heterocycles. The van der Waals surface area contributed by atoms with E-state index >= 15 is 0 Å². The molecule has 0 bridgehead atoms. The van der Waals surface area contributed by atoms with E-state index in [4.69, 9.17) is 21.1 Å². The van der Waals surface area contributed by atoms with Crippen molar-refractivity contribution in [2.45, 2.75) is 39.2 Å². The van der Waals surface area contributed by atoms with Crippen LogP contribution in [-0.4, -0.2) is 12.7 Å². The average Bonchev–Trinajstić information content (AvgIpc) is 2.33. The van der Waals surface area contributed by atoms with Gasteiger partial charge in [-0.15, -0.1) is 11.6 Å². The van der Waals surface area contributed by atoms with Crippen molar-refractivity contribution in [1.82, 2.24) is 0 Å². The summed E-state index contributed by atoms with van der Waals surface area (Å²) in [5.74, 6) is 1.97. The van der Waals surface area contributed by atoms with Gasteiger partial charge in [-0.25, -0.2) is 0 Å². The molecular weight excluding hydrogens is 303 g/mol. The molecule has 0 aromatic heterocycles. The molecule has 0 aliphatic heterocycles. The minimum absolute atomic E-state index is 0.160. The van der Waals surface area contributed by atoms with Gasteiger partial charge in [0.1, 0.15) is 0 Å². The first-order valence-corrected chi connectivity index (χ1v) is 7.12. The summed E-state index contributed by atoms with van der Waals surface area (Å²) in [6.07, 6.45) is 1.11. The molecule has 1 aromatic carbocycles. The maximum atomic E-state index is 5.86. The highest BCUT2D eigenvalue weighted by Gasteiger charge is 2.14. The Morgan fingerprint density at radius 2 is 2.06 bits per heavy atom. The number of rotatable bonds is 6. The minimum Gasteiger partial charge on any atom is -0.490 e. The van der Waals surface area contributed by atoms with Gasteiger partial charge in [0, 0.05) is 5.88 Å². The summed E-state index contributed by atoms with van der Waals surface area (Å²) in [4.78, 5) is 0.